The second-order valence-electron chi connectivity index (χ2n) is 3.76. The summed E-state index contributed by atoms with van der Waals surface area (Å²) in [5.41, 5.74) is 0. The highest BCUT2D eigenvalue weighted by atomic mass is 79.9. The number of nitrogens with one attached hydrogen (secondary N) is 1. The molecule has 1 N–H and O–H groups in total. The van der Waals surface area contributed by atoms with E-state index in [-0.39, 0.29) is 26.6 Å². The van der Waals surface area contributed by atoms with Crippen LogP contribution in [0.25, 0.3) is 0 Å². The van der Waals surface area contributed by atoms with Crippen LogP contribution < -0.4 is 9.46 Å². The van der Waals surface area contributed by atoms with Crippen LogP contribution in [0.2, 0.25) is 10.0 Å². The number of ether oxygens (including phenoxy) is 1. The molecule has 6 nitrogen and oxygen atoms in total. The average Bonchev–Trinajstić information content (AvgIpc) is 2.39. The molecule has 2 aromatic rings. The standard InChI is InChI=1S/C11H8BrCl2N3O3S/c1-20-11-10(15-5-9(12)16-11)17-21(18,19)8-3-6(13)2-7(14)4-8/h2-5H,1H3,(H,15,17). The van der Waals surface area contributed by atoms with Crippen molar-refractivity contribution in [3.63, 3.8) is 0 Å². The van der Waals surface area contributed by atoms with Crippen molar-refractivity contribution < 1.29 is 13.2 Å². The molecule has 0 saturated heterocycles. The van der Waals surface area contributed by atoms with Crippen molar-refractivity contribution in [3.8, 4) is 5.88 Å². The Hall–Kier alpha value is -1.09. The van der Waals surface area contributed by atoms with E-state index in [9.17, 15) is 8.42 Å². The third-order valence-electron chi connectivity index (χ3n) is 2.28. The molecule has 1 aromatic heterocycles. The van der Waals surface area contributed by atoms with E-state index in [2.05, 4.69) is 30.6 Å². The predicted molar refractivity (Wildman–Crippen MR) is 83.6 cm³/mol. The molecule has 0 amide bonds. The van der Waals surface area contributed by atoms with Crippen molar-refractivity contribution in [2.24, 2.45) is 0 Å². The average molecular weight is 413 g/mol. The molecule has 0 atom stereocenters. The fourth-order valence-electron chi connectivity index (χ4n) is 1.43. The van der Waals surface area contributed by atoms with Crippen molar-refractivity contribution in [3.05, 3.63) is 39.0 Å². The molecule has 0 aliphatic heterocycles. The molecular weight excluding hydrogens is 405 g/mol. The topological polar surface area (TPSA) is 81.2 Å². The molecule has 0 radical (unpaired) electrons. The molecule has 1 aromatic carbocycles. The van der Waals surface area contributed by atoms with Crippen molar-refractivity contribution in [2.45, 2.75) is 4.90 Å². The zero-order valence-corrected chi connectivity index (χ0v) is 14.4. The van der Waals surface area contributed by atoms with Gasteiger partial charge in [-0.15, -0.1) is 0 Å². The molecule has 0 unspecified atom stereocenters. The normalized spacial score (nSPS) is 11.2. The molecule has 0 fully saturated rings. The highest BCUT2D eigenvalue weighted by molar-refractivity contribution is 9.10. The van der Waals surface area contributed by atoms with Crippen LogP contribution >= 0.6 is 39.1 Å². The van der Waals surface area contributed by atoms with Crippen molar-refractivity contribution in [1.82, 2.24) is 9.97 Å². The van der Waals surface area contributed by atoms with Gasteiger partial charge in [0.1, 0.15) is 4.60 Å². The second kappa shape index (κ2) is 6.35. The number of halogens is 3. The SMILES string of the molecule is COc1nc(Br)cnc1NS(=O)(=O)c1cc(Cl)cc(Cl)c1. The number of hydrogen-bond donors (Lipinski definition) is 1. The van der Waals surface area contributed by atoms with Crippen molar-refractivity contribution >= 4 is 55.0 Å². The van der Waals surface area contributed by atoms with Crippen LogP contribution in [0.3, 0.4) is 0 Å². The fourth-order valence-corrected chi connectivity index (χ4v) is 3.43. The summed E-state index contributed by atoms with van der Waals surface area (Å²) in [5, 5.41) is 0.411. The maximum atomic E-state index is 12.3. The largest absolute Gasteiger partial charge is 0.478 e. The number of anilines is 1. The summed E-state index contributed by atoms with van der Waals surface area (Å²) < 4.78 is 32.2. The van der Waals surface area contributed by atoms with Gasteiger partial charge in [-0.1, -0.05) is 23.2 Å². The van der Waals surface area contributed by atoms with Gasteiger partial charge >= 0.3 is 0 Å². The Kier molecular flexibility index (Phi) is 4.92. The van der Waals surface area contributed by atoms with Gasteiger partial charge in [0.2, 0.25) is 5.82 Å². The van der Waals surface area contributed by atoms with Gasteiger partial charge in [-0.3, -0.25) is 4.72 Å². The monoisotopic (exact) mass is 411 g/mol. The molecule has 2 rings (SSSR count). The molecule has 0 aliphatic carbocycles. The summed E-state index contributed by atoms with van der Waals surface area (Å²) in [6.07, 6.45) is 1.34. The number of nitrogens with zero attached hydrogens (tertiary/aromatic N) is 2. The summed E-state index contributed by atoms with van der Waals surface area (Å²) in [6, 6.07) is 3.98. The molecule has 0 aliphatic rings. The molecule has 112 valence electrons. The Balaban J connectivity index is 2.42. The highest BCUT2D eigenvalue weighted by Crippen LogP contribution is 2.26. The van der Waals surface area contributed by atoms with E-state index in [1.807, 2.05) is 0 Å². The van der Waals surface area contributed by atoms with Gasteiger partial charge in [0.05, 0.1) is 18.2 Å². The second-order valence-corrected chi connectivity index (χ2v) is 7.13. The lowest BCUT2D eigenvalue weighted by Gasteiger charge is -2.10. The molecule has 0 spiro atoms. The van der Waals surface area contributed by atoms with Crippen molar-refractivity contribution in [2.75, 3.05) is 11.8 Å². The first-order chi connectivity index (χ1) is 9.81. The Morgan fingerprint density at radius 3 is 2.43 bits per heavy atom. The zero-order valence-electron chi connectivity index (χ0n) is 10.5. The van der Waals surface area contributed by atoms with Gasteiger partial charge < -0.3 is 4.74 Å². The van der Waals surface area contributed by atoms with E-state index in [0.29, 0.717) is 4.60 Å². The molecule has 21 heavy (non-hydrogen) atoms. The number of hydrogen-bond acceptors (Lipinski definition) is 5. The molecule has 10 heteroatoms. The van der Waals surface area contributed by atoms with Crippen LogP contribution in [-0.2, 0) is 10.0 Å². The maximum Gasteiger partial charge on any atom is 0.263 e. The third-order valence-corrected chi connectivity index (χ3v) is 4.42. The summed E-state index contributed by atoms with van der Waals surface area (Å²) in [5.74, 6) is -0.0159. The number of aromatic nitrogens is 2. The van der Waals surface area contributed by atoms with E-state index in [1.54, 1.807) is 0 Å². The van der Waals surface area contributed by atoms with Gasteiger partial charge in [-0.25, -0.2) is 18.4 Å². The summed E-state index contributed by atoms with van der Waals surface area (Å²) in [6.45, 7) is 0. The van der Waals surface area contributed by atoms with Crippen LogP contribution in [-0.4, -0.2) is 25.5 Å². The van der Waals surface area contributed by atoms with Crippen molar-refractivity contribution in [1.29, 1.82) is 0 Å². The van der Waals surface area contributed by atoms with Gasteiger partial charge in [0, 0.05) is 10.0 Å². The summed E-state index contributed by atoms with van der Waals surface area (Å²) >= 11 is 14.7. The number of sulfonamides is 1. The highest BCUT2D eigenvalue weighted by Gasteiger charge is 2.19. The molecule has 1 heterocycles. The van der Waals surface area contributed by atoms with E-state index < -0.39 is 10.0 Å². The van der Waals surface area contributed by atoms with Crippen LogP contribution in [0.1, 0.15) is 0 Å². The molecule has 0 saturated carbocycles. The first kappa shape index (κ1) is 16.3. The Morgan fingerprint density at radius 1 is 1.24 bits per heavy atom. The Bertz CT molecular complexity index is 766. The van der Waals surface area contributed by atoms with E-state index in [0.717, 1.165) is 0 Å². The van der Waals surface area contributed by atoms with Gasteiger partial charge in [-0.05, 0) is 34.1 Å². The van der Waals surface area contributed by atoms with Crippen LogP contribution in [0.5, 0.6) is 5.88 Å². The molecular formula is C11H8BrCl2N3O3S. The Labute approximate surface area is 139 Å². The van der Waals surface area contributed by atoms with Gasteiger partial charge in [0.15, 0.2) is 0 Å². The smallest absolute Gasteiger partial charge is 0.263 e. The number of methoxy groups -OCH3 is 1. The third kappa shape index (κ3) is 3.97. The minimum absolute atomic E-state index is 0.0288. The van der Waals surface area contributed by atoms with E-state index in [1.165, 1.54) is 31.5 Å². The lowest BCUT2D eigenvalue weighted by Crippen LogP contribution is -2.15. The van der Waals surface area contributed by atoms with Gasteiger partial charge in [0.25, 0.3) is 15.9 Å². The van der Waals surface area contributed by atoms with E-state index >= 15 is 0 Å². The zero-order chi connectivity index (χ0) is 15.6. The summed E-state index contributed by atoms with van der Waals surface area (Å²) in [4.78, 5) is 7.78. The quantitative estimate of drug-likeness (QED) is 0.832. The Morgan fingerprint density at radius 2 is 1.86 bits per heavy atom. The fraction of sp³-hybridized carbons (Fsp3) is 0.0909. The summed E-state index contributed by atoms with van der Waals surface area (Å²) in [7, 11) is -2.57. The maximum absolute atomic E-state index is 12.3. The first-order valence-corrected chi connectivity index (χ1v) is 8.40. The van der Waals surface area contributed by atoms with Crippen LogP contribution in [0, 0.1) is 0 Å². The van der Waals surface area contributed by atoms with Gasteiger partial charge in [-0.2, -0.15) is 0 Å². The predicted octanol–water partition coefficient (Wildman–Crippen LogP) is 3.36. The lowest BCUT2D eigenvalue weighted by molar-refractivity contribution is 0.397. The lowest BCUT2D eigenvalue weighted by atomic mass is 10.4. The van der Waals surface area contributed by atoms with Crippen LogP contribution in [0.4, 0.5) is 5.82 Å². The van der Waals surface area contributed by atoms with E-state index in [4.69, 9.17) is 27.9 Å². The number of benzene rings is 1. The molecule has 0 bridgehead atoms. The first-order valence-electron chi connectivity index (χ1n) is 5.37. The minimum atomic E-state index is -3.92. The number of rotatable bonds is 4. The van der Waals surface area contributed by atoms with Crippen LogP contribution in [0.15, 0.2) is 33.9 Å². The minimum Gasteiger partial charge on any atom is -0.478 e.